The third-order valence-electron chi connectivity index (χ3n) is 3.31. The van der Waals surface area contributed by atoms with E-state index in [9.17, 15) is 4.79 Å². The molecule has 0 fully saturated rings. The molecule has 0 aliphatic carbocycles. The highest BCUT2D eigenvalue weighted by molar-refractivity contribution is 6.31. The van der Waals surface area contributed by atoms with E-state index in [1.165, 1.54) is 0 Å². The molecule has 6 nitrogen and oxygen atoms in total. The zero-order chi connectivity index (χ0) is 16.4. The number of aryl methyl sites for hydroxylation is 1. The minimum absolute atomic E-state index is 0.218. The number of carbonyl (C=O) groups is 1. The molecule has 0 atom stereocenters. The van der Waals surface area contributed by atoms with Crippen molar-refractivity contribution in [1.82, 2.24) is 9.38 Å². The lowest BCUT2D eigenvalue weighted by Gasteiger charge is -1.99. The molecule has 0 saturated heterocycles. The van der Waals surface area contributed by atoms with Gasteiger partial charge in [0.2, 0.25) is 0 Å². The summed E-state index contributed by atoms with van der Waals surface area (Å²) in [6.07, 6.45) is 1.55. The number of aliphatic carboxylic acids is 1. The highest BCUT2D eigenvalue weighted by Gasteiger charge is 2.14. The minimum atomic E-state index is -0.969. The number of halogens is 1. The number of rotatable bonds is 4. The van der Waals surface area contributed by atoms with E-state index in [0.29, 0.717) is 27.9 Å². The van der Waals surface area contributed by atoms with Crippen LogP contribution in [-0.4, -0.2) is 20.5 Å². The van der Waals surface area contributed by atoms with E-state index < -0.39 is 5.97 Å². The molecule has 3 rings (SSSR count). The van der Waals surface area contributed by atoms with Crippen molar-refractivity contribution in [1.29, 1.82) is 0 Å². The molecular weight excluding hydrogens is 316 g/mol. The van der Waals surface area contributed by atoms with E-state index in [2.05, 4.69) is 15.2 Å². The summed E-state index contributed by atoms with van der Waals surface area (Å²) in [4.78, 5) is 15.3. The fourth-order valence-corrected chi connectivity index (χ4v) is 2.32. The van der Waals surface area contributed by atoms with Gasteiger partial charge in [-0.2, -0.15) is 0 Å². The molecule has 2 heterocycles. The van der Waals surface area contributed by atoms with Gasteiger partial charge >= 0.3 is 5.97 Å². The smallest absolute Gasteiger partial charge is 0.309 e. The SMILES string of the molecule is Cc1ccc(N=Nc2c(CC(=O)O)nc3ccccn23)cc1Cl. The Morgan fingerprint density at radius 2 is 2.13 bits per heavy atom. The second kappa shape index (κ2) is 6.18. The third kappa shape index (κ3) is 3.22. The first kappa shape index (κ1) is 15.2. The van der Waals surface area contributed by atoms with Crippen molar-refractivity contribution in [3.05, 3.63) is 58.9 Å². The predicted octanol–water partition coefficient (Wildman–Crippen LogP) is 4.34. The quantitative estimate of drug-likeness (QED) is 0.723. The zero-order valence-corrected chi connectivity index (χ0v) is 13.0. The van der Waals surface area contributed by atoms with Gasteiger partial charge in [0.05, 0.1) is 17.8 Å². The van der Waals surface area contributed by atoms with Crippen molar-refractivity contribution >= 4 is 34.7 Å². The average Bonchev–Trinajstić information content (AvgIpc) is 2.85. The molecule has 0 radical (unpaired) electrons. The van der Waals surface area contributed by atoms with Crippen LogP contribution in [0.2, 0.25) is 5.02 Å². The van der Waals surface area contributed by atoms with Gasteiger partial charge in [0.1, 0.15) is 5.65 Å². The summed E-state index contributed by atoms with van der Waals surface area (Å²) in [5.74, 6) is -0.567. The van der Waals surface area contributed by atoms with Gasteiger partial charge in [0.25, 0.3) is 0 Å². The fraction of sp³-hybridized carbons (Fsp3) is 0.125. The van der Waals surface area contributed by atoms with Crippen molar-refractivity contribution in [3.8, 4) is 0 Å². The molecule has 2 aromatic heterocycles. The first-order valence-corrected chi connectivity index (χ1v) is 7.28. The number of hydrogen-bond donors (Lipinski definition) is 1. The van der Waals surface area contributed by atoms with Gasteiger partial charge in [0, 0.05) is 11.2 Å². The van der Waals surface area contributed by atoms with Gasteiger partial charge in [-0.05, 0) is 36.8 Å². The standard InChI is InChI=1S/C16H13ClN4O2/c1-10-5-6-11(8-12(10)17)19-20-16-13(9-15(22)23)18-14-4-2-3-7-21(14)16/h2-8H,9H2,1H3,(H,22,23). The van der Waals surface area contributed by atoms with Gasteiger partial charge in [-0.25, -0.2) is 4.98 Å². The number of benzene rings is 1. The van der Waals surface area contributed by atoms with Gasteiger partial charge in [0.15, 0.2) is 5.82 Å². The van der Waals surface area contributed by atoms with E-state index in [0.717, 1.165) is 5.56 Å². The maximum Gasteiger partial charge on any atom is 0.309 e. The van der Waals surface area contributed by atoms with Gasteiger partial charge in [-0.1, -0.05) is 23.7 Å². The molecule has 0 saturated carbocycles. The Morgan fingerprint density at radius 3 is 2.87 bits per heavy atom. The maximum atomic E-state index is 11.0. The highest BCUT2D eigenvalue weighted by atomic mass is 35.5. The summed E-state index contributed by atoms with van der Waals surface area (Å²) in [6.45, 7) is 1.90. The molecule has 23 heavy (non-hydrogen) atoms. The first-order chi connectivity index (χ1) is 11.0. The largest absolute Gasteiger partial charge is 0.481 e. The van der Waals surface area contributed by atoms with Crippen LogP contribution in [0.5, 0.6) is 0 Å². The zero-order valence-electron chi connectivity index (χ0n) is 12.3. The number of carboxylic acids is 1. The van der Waals surface area contributed by atoms with Gasteiger partial charge < -0.3 is 5.11 Å². The molecule has 7 heteroatoms. The lowest BCUT2D eigenvalue weighted by molar-refractivity contribution is -0.136. The molecule has 0 unspecified atom stereocenters. The van der Waals surface area contributed by atoms with Crippen molar-refractivity contribution in [3.63, 3.8) is 0 Å². The molecule has 0 aliphatic rings. The number of fused-ring (bicyclic) bond motifs is 1. The summed E-state index contributed by atoms with van der Waals surface area (Å²) in [5, 5.41) is 18.0. The summed E-state index contributed by atoms with van der Waals surface area (Å²) in [5.41, 5.74) is 2.53. The summed E-state index contributed by atoms with van der Waals surface area (Å²) in [6, 6.07) is 10.8. The van der Waals surface area contributed by atoms with Crippen molar-refractivity contribution < 1.29 is 9.90 Å². The Kier molecular flexibility index (Phi) is 4.08. The first-order valence-electron chi connectivity index (χ1n) is 6.90. The number of nitrogens with zero attached hydrogens (tertiary/aromatic N) is 4. The average molecular weight is 329 g/mol. The molecule has 0 spiro atoms. The number of imidazole rings is 1. The topological polar surface area (TPSA) is 79.3 Å². The van der Waals surface area contributed by atoms with Crippen molar-refractivity contribution in [2.45, 2.75) is 13.3 Å². The van der Waals surface area contributed by atoms with Crippen LogP contribution >= 0.6 is 11.6 Å². The van der Waals surface area contributed by atoms with E-state index in [1.807, 2.05) is 25.1 Å². The summed E-state index contributed by atoms with van der Waals surface area (Å²) < 4.78 is 1.71. The van der Waals surface area contributed by atoms with Crippen LogP contribution in [0.1, 0.15) is 11.3 Å². The molecule has 116 valence electrons. The van der Waals surface area contributed by atoms with Crippen molar-refractivity contribution in [2.75, 3.05) is 0 Å². The van der Waals surface area contributed by atoms with E-state index in [4.69, 9.17) is 16.7 Å². The normalized spacial score (nSPS) is 11.4. The molecule has 3 aromatic rings. The van der Waals surface area contributed by atoms with Crippen LogP contribution in [0.15, 0.2) is 52.8 Å². The molecule has 1 N–H and O–H groups in total. The maximum absolute atomic E-state index is 11.0. The van der Waals surface area contributed by atoms with Crippen LogP contribution in [0.4, 0.5) is 11.5 Å². The van der Waals surface area contributed by atoms with Crippen molar-refractivity contribution in [2.24, 2.45) is 10.2 Å². The Labute approximate surface area is 137 Å². The van der Waals surface area contributed by atoms with Crippen LogP contribution in [-0.2, 0) is 11.2 Å². The fourth-order valence-electron chi connectivity index (χ4n) is 2.15. The Hall–Kier alpha value is -2.73. The summed E-state index contributed by atoms with van der Waals surface area (Å²) >= 11 is 6.07. The monoisotopic (exact) mass is 328 g/mol. The van der Waals surface area contributed by atoms with Crippen LogP contribution in [0, 0.1) is 6.92 Å². The summed E-state index contributed by atoms with van der Waals surface area (Å²) in [7, 11) is 0. The van der Waals surface area contributed by atoms with Crippen LogP contribution < -0.4 is 0 Å². The van der Waals surface area contributed by atoms with Crippen LogP contribution in [0.25, 0.3) is 5.65 Å². The van der Waals surface area contributed by atoms with Gasteiger partial charge in [-0.3, -0.25) is 9.20 Å². The molecule has 0 aliphatic heterocycles. The second-order valence-electron chi connectivity index (χ2n) is 5.01. The molecular formula is C16H13ClN4O2. The lowest BCUT2D eigenvalue weighted by atomic mass is 10.2. The Morgan fingerprint density at radius 1 is 1.30 bits per heavy atom. The molecule has 0 amide bonds. The number of aromatic nitrogens is 2. The minimum Gasteiger partial charge on any atom is -0.481 e. The van der Waals surface area contributed by atoms with E-state index in [1.54, 1.807) is 28.8 Å². The van der Waals surface area contributed by atoms with Gasteiger partial charge in [-0.15, -0.1) is 10.2 Å². The lowest BCUT2D eigenvalue weighted by Crippen LogP contribution is -2.00. The molecule has 1 aromatic carbocycles. The molecule has 0 bridgehead atoms. The number of azo groups is 1. The van der Waals surface area contributed by atoms with E-state index >= 15 is 0 Å². The number of hydrogen-bond acceptors (Lipinski definition) is 4. The number of pyridine rings is 1. The third-order valence-corrected chi connectivity index (χ3v) is 3.72. The Balaban J connectivity index is 2.05. The van der Waals surface area contributed by atoms with Crippen LogP contribution in [0.3, 0.4) is 0 Å². The predicted molar refractivity (Wildman–Crippen MR) is 86.9 cm³/mol. The van der Waals surface area contributed by atoms with E-state index in [-0.39, 0.29) is 6.42 Å². The number of carboxylic acid groups (broad SMARTS) is 1. The second-order valence-corrected chi connectivity index (χ2v) is 5.42. The Bertz CT molecular complexity index is 918. The highest BCUT2D eigenvalue weighted by Crippen LogP contribution is 2.27.